The maximum atomic E-state index is 16.2. The molecule has 0 aromatic heterocycles. The smallest absolute Gasteiger partial charge is 0.294 e. The number of rotatable bonds is 8. The van der Waals surface area contributed by atoms with Crippen molar-refractivity contribution in [2.24, 2.45) is 0 Å². The predicted molar refractivity (Wildman–Crippen MR) is 109 cm³/mol. The van der Waals surface area contributed by atoms with Gasteiger partial charge in [0.25, 0.3) is 9.84 Å². The molecule has 166 valence electrons. The van der Waals surface area contributed by atoms with Crippen LogP contribution in [0.4, 0.5) is 13.2 Å². The predicted octanol–water partition coefficient (Wildman–Crippen LogP) is 4.70. The van der Waals surface area contributed by atoms with E-state index in [1.807, 2.05) is 0 Å². The van der Waals surface area contributed by atoms with Crippen LogP contribution in [-0.4, -0.2) is 24.2 Å². The van der Waals surface area contributed by atoms with Crippen molar-refractivity contribution < 1.29 is 31.3 Å². The lowest BCUT2D eigenvalue weighted by atomic mass is 9.90. The van der Waals surface area contributed by atoms with Gasteiger partial charge in [0.2, 0.25) is 0 Å². The Morgan fingerprint density at radius 2 is 1.41 bits per heavy atom. The van der Waals surface area contributed by atoms with Crippen LogP contribution in [0.1, 0.15) is 28.3 Å². The summed E-state index contributed by atoms with van der Waals surface area (Å²) in [5.41, 5.74) is -0.359. The van der Waals surface area contributed by atoms with Gasteiger partial charge >= 0.3 is 5.12 Å². The fourth-order valence-corrected chi connectivity index (χ4v) is 4.90. The van der Waals surface area contributed by atoms with E-state index in [-0.39, 0.29) is 11.1 Å². The van der Waals surface area contributed by atoms with Crippen LogP contribution in [-0.2, 0) is 9.84 Å². The third-order valence-corrected chi connectivity index (χ3v) is 7.02. The summed E-state index contributed by atoms with van der Waals surface area (Å²) in [4.78, 5) is 22.4. The summed E-state index contributed by atoms with van der Waals surface area (Å²) in [5.74, 6) is -4.37. The zero-order valence-electron chi connectivity index (χ0n) is 16.3. The number of nitro groups is 1. The van der Waals surface area contributed by atoms with E-state index in [4.69, 9.17) is 0 Å². The van der Waals surface area contributed by atoms with Crippen molar-refractivity contribution in [3.63, 3.8) is 0 Å². The largest absolute Gasteiger partial charge is 0.469 e. The van der Waals surface area contributed by atoms with E-state index in [9.17, 15) is 32.1 Å². The Balaban J connectivity index is 2.17. The van der Waals surface area contributed by atoms with Gasteiger partial charge in [-0.05, 0) is 54.1 Å². The summed E-state index contributed by atoms with van der Waals surface area (Å²) in [6.07, 6.45) is -0.944. The molecule has 10 heteroatoms. The molecule has 0 aliphatic rings. The van der Waals surface area contributed by atoms with Gasteiger partial charge in [0, 0.05) is 12.0 Å². The van der Waals surface area contributed by atoms with Crippen molar-refractivity contribution in [2.75, 3.05) is 0 Å². The number of halogens is 3. The van der Waals surface area contributed by atoms with E-state index in [0.717, 1.165) is 60.7 Å². The molecule has 0 radical (unpaired) electrons. The summed E-state index contributed by atoms with van der Waals surface area (Å²) in [5, 5.41) is 7.75. The van der Waals surface area contributed by atoms with E-state index >= 15 is 4.39 Å². The topological polar surface area (TPSA) is 94.3 Å². The Labute approximate surface area is 181 Å². The van der Waals surface area contributed by atoms with E-state index in [1.54, 1.807) is 0 Å². The zero-order valence-corrected chi connectivity index (χ0v) is 17.1. The highest BCUT2D eigenvalue weighted by Crippen LogP contribution is 2.43. The number of benzene rings is 3. The Morgan fingerprint density at radius 3 is 1.91 bits per heavy atom. The molecule has 3 rings (SSSR count). The highest BCUT2D eigenvalue weighted by Gasteiger charge is 2.64. The molecule has 2 atom stereocenters. The van der Waals surface area contributed by atoms with Crippen molar-refractivity contribution in [3.8, 4) is 0 Å². The number of nitrogens with zero attached hydrogens (tertiary/aromatic N) is 1. The van der Waals surface area contributed by atoms with Crippen LogP contribution in [0.2, 0.25) is 0 Å². The fraction of sp³-hybridized carbons (Fsp3) is 0.136. The molecule has 32 heavy (non-hydrogen) atoms. The van der Waals surface area contributed by atoms with Crippen molar-refractivity contribution in [1.82, 2.24) is 0 Å². The summed E-state index contributed by atoms with van der Waals surface area (Å²) < 4.78 is 69.0. The lowest BCUT2D eigenvalue weighted by Crippen LogP contribution is -2.48. The lowest BCUT2D eigenvalue weighted by Gasteiger charge is -2.26. The van der Waals surface area contributed by atoms with Crippen LogP contribution < -0.4 is 0 Å². The number of hydrogen-bond donors (Lipinski definition) is 0. The average Bonchev–Trinajstić information content (AvgIpc) is 2.78. The number of ketones is 1. The maximum Gasteiger partial charge on any atom is 0.469 e. The van der Waals surface area contributed by atoms with Crippen LogP contribution in [0.25, 0.3) is 0 Å². The first-order valence-electron chi connectivity index (χ1n) is 9.24. The van der Waals surface area contributed by atoms with Gasteiger partial charge in [-0.3, -0.25) is 14.9 Å². The molecule has 3 aromatic rings. The Hall–Kier alpha value is -3.53. The monoisotopic (exact) mass is 463 g/mol. The zero-order chi connectivity index (χ0) is 23.5. The second-order valence-electron chi connectivity index (χ2n) is 6.92. The quantitative estimate of drug-likeness (QED) is 0.209. The molecule has 0 spiro atoms. The molecule has 0 saturated heterocycles. The summed E-state index contributed by atoms with van der Waals surface area (Å²) in [7, 11) is -5.26. The van der Waals surface area contributed by atoms with Gasteiger partial charge in [0.05, 0.1) is 9.82 Å². The highest BCUT2D eigenvalue weighted by molar-refractivity contribution is 7.92. The standard InChI is InChI=1S/C22H16F3NO5S/c23-17-10-6-15(7-11-17)20(14-21(27)16-8-12-18(24)13-9-16)22(25,26(28)29)32(30,31)19-4-2-1-3-5-19/h1-13,20H,14H2. The lowest BCUT2D eigenvalue weighted by molar-refractivity contribution is -0.578. The number of hydrogen-bond acceptors (Lipinski definition) is 5. The summed E-state index contributed by atoms with van der Waals surface area (Å²) in [6.45, 7) is 0. The van der Waals surface area contributed by atoms with E-state index in [1.165, 1.54) is 18.2 Å². The van der Waals surface area contributed by atoms with Crippen LogP contribution >= 0.6 is 0 Å². The minimum Gasteiger partial charge on any atom is -0.294 e. The molecule has 3 aromatic carbocycles. The normalized spacial score (nSPS) is 14.3. The molecular formula is C22H16F3NO5S. The minimum atomic E-state index is -5.26. The van der Waals surface area contributed by atoms with Gasteiger partial charge in [0.15, 0.2) is 5.78 Å². The Bertz CT molecular complexity index is 1230. The van der Waals surface area contributed by atoms with Gasteiger partial charge in [-0.15, -0.1) is 4.39 Å². The van der Waals surface area contributed by atoms with Gasteiger partial charge in [-0.1, -0.05) is 30.3 Å². The summed E-state index contributed by atoms with van der Waals surface area (Å²) >= 11 is 0. The van der Waals surface area contributed by atoms with Gasteiger partial charge in [0.1, 0.15) is 17.6 Å². The van der Waals surface area contributed by atoms with E-state index < -0.39 is 54.5 Å². The first-order valence-corrected chi connectivity index (χ1v) is 10.7. The number of Topliss-reactive ketones (excluding diaryl/α,β-unsaturated/α-hetero) is 1. The molecule has 0 aliphatic heterocycles. The SMILES string of the molecule is O=C(CC(c1ccc(F)cc1)C(F)([N+](=O)[O-])S(=O)(=O)c1ccccc1)c1ccc(F)cc1. The van der Waals surface area contributed by atoms with E-state index in [0.29, 0.717) is 0 Å². The molecule has 0 aliphatic carbocycles. The van der Waals surface area contributed by atoms with Crippen molar-refractivity contribution in [3.05, 3.63) is 112 Å². The van der Waals surface area contributed by atoms with Gasteiger partial charge in [-0.2, -0.15) is 0 Å². The van der Waals surface area contributed by atoms with Crippen molar-refractivity contribution >= 4 is 15.6 Å². The Kier molecular flexibility index (Phi) is 6.45. The molecule has 0 heterocycles. The Morgan fingerprint density at radius 1 is 0.906 bits per heavy atom. The highest BCUT2D eigenvalue weighted by atomic mass is 32.2. The second-order valence-corrected chi connectivity index (χ2v) is 8.97. The number of alkyl halides is 1. The summed E-state index contributed by atoms with van der Waals surface area (Å²) in [6, 6.07) is 13.8. The molecule has 0 saturated carbocycles. The number of carbonyl (C=O) groups is 1. The van der Waals surface area contributed by atoms with Gasteiger partial charge in [-0.25, -0.2) is 17.2 Å². The van der Waals surface area contributed by atoms with Crippen LogP contribution in [0, 0.1) is 21.7 Å². The van der Waals surface area contributed by atoms with Crippen LogP contribution in [0.15, 0.2) is 83.8 Å². The number of carbonyl (C=O) groups excluding carboxylic acids is 1. The third-order valence-electron chi connectivity index (χ3n) is 4.94. The maximum absolute atomic E-state index is 16.2. The first-order chi connectivity index (χ1) is 15.1. The molecule has 0 N–H and O–H groups in total. The van der Waals surface area contributed by atoms with Crippen molar-refractivity contribution in [1.29, 1.82) is 0 Å². The van der Waals surface area contributed by atoms with Crippen molar-refractivity contribution in [2.45, 2.75) is 22.4 Å². The second kappa shape index (κ2) is 8.91. The van der Waals surface area contributed by atoms with Gasteiger partial charge < -0.3 is 0 Å². The first kappa shape index (κ1) is 23.1. The average molecular weight is 463 g/mol. The van der Waals surface area contributed by atoms with Crippen LogP contribution in [0.3, 0.4) is 0 Å². The molecule has 0 bridgehead atoms. The van der Waals surface area contributed by atoms with Crippen LogP contribution in [0.5, 0.6) is 0 Å². The van der Waals surface area contributed by atoms with E-state index in [2.05, 4.69) is 0 Å². The fourth-order valence-electron chi connectivity index (χ4n) is 3.26. The third kappa shape index (κ3) is 4.26. The minimum absolute atomic E-state index is 0.0960. The molecule has 0 amide bonds. The molecule has 2 unspecified atom stereocenters. The molecular weight excluding hydrogens is 447 g/mol. The molecule has 6 nitrogen and oxygen atoms in total. The number of sulfone groups is 1. The molecule has 0 fully saturated rings.